The summed E-state index contributed by atoms with van der Waals surface area (Å²) in [4.78, 5) is 28.4. The van der Waals surface area contributed by atoms with Crippen LogP contribution in [0.15, 0.2) is 60.7 Å². The van der Waals surface area contributed by atoms with Gasteiger partial charge in [0.15, 0.2) is 0 Å². The number of halogens is 3. The number of carbonyl (C=O) groups excluding carboxylic acids is 1. The highest BCUT2D eigenvalue weighted by molar-refractivity contribution is 6.31. The van der Waals surface area contributed by atoms with Gasteiger partial charge in [0.05, 0.1) is 33.6 Å². The van der Waals surface area contributed by atoms with Gasteiger partial charge in [0.2, 0.25) is 11.8 Å². The predicted molar refractivity (Wildman–Crippen MR) is 164 cm³/mol. The summed E-state index contributed by atoms with van der Waals surface area (Å²) in [5, 5.41) is 18.5. The lowest BCUT2D eigenvalue weighted by Gasteiger charge is -2.40. The van der Waals surface area contributed by atoms with Crippen molar-refractivity contribution in [1.29, 1.82) is 0 Å². The molecule has 0 unspecified atom stereocenters. The van der Waals surface area contributed by atoms with Gasteiger partial charge in [-0.2, -0.15) is 5.10 Å². The van der Waals surface area contributed by atoms with E-state index < -0.39 is 29.3 Å². The number of nitrogens with one attached hydrogen (secondary N) is 1. The zero-order valence-electron chi connectivity index (χ0n) is 23.9. The smallest absolute Gasteiger partial charge is 0.335 e. The molecule has 6 rings (SSSR count). The molecule has 43 heavy (non-hydrogen) atoms. The summed E-state index contributed by atoms with van der Waals surface area (Å²) in [6.45, 7) is 6.83. The highest BCUT2D eigenvalue weighted by atomic mass is 35.5. The number of hydrogen-bond acceptors (Lipinski definition) is 5. The lowest BCUT2D eigenvalue weighted by molar-refractivity contribution is -0.127. The first-order valence-corrected chi connectivity index (χ1v) is 14.9. The van der Waals surface area contributed by atoms with Gasteiger partial charge in [-0.05, 0) is 73.8 Å². The largest absolute Gasteiger partial charge is 0.478 e. The van der Waals surface area contributed by atoms with Gasteiger partial charge in [0.25, 0.3) is 0 Å². The number of nitrogens with zero attached hydrogens (tertiary/aromatic N) is 3. The number of carboxylic acid groups (broad SMARTS) is 1. The first-order valence-electron chi connectivity index (χ1n) is 14.2. The van der Waals surface area contributed by atoms with Gasteiger partial charge in [-0.3, -0.25) is 9.69 Å². The van der Waals surface area contributed by atoms with Gasteiger partial charge >= 0.3 is 5.97 Å². The Morgan fingerprint density at radius 2 is 1.93 bits per heavy atom. The van der Waals surface area contributed by atoms with E-state index in [1.807, 2.05) is 6.92 Å². The minimum Gasteiger partial charge on any atom is -0.478 e. The van der Waals surface area contributed by atoms with E-state index in [2.05, 4.69) is 24.1 Å². The molecule has 2 aliphatic rings. The highest BCUT2D eigenvalue weighted by Crippen LogP contribution is 2.56. The van der Waals surface area contributed by atoms with Crippen LogP contribution in [-0.4, -0.2) is 56.4 Å². The van der Waals surface area contributed by atoms with Crippen LogP contribution in [0.1, 0.15) is 55.1 Å². The monoisotopic (exact) mass is 624 g/mol. The number of hydrogen-bond donors (Lipinski definition) is 2. The highest BCUT2D eigenvalue weighted by Gasteiger charge is 2.63. The number of anilines is 1. The van der Waals surface area contributed by atoms with Crippen LogP contribution in [0, 0.1) is 11.7 Å². The van der Waals surface area contributed by atoms with Crippen LogP contribution in [0.4, 0.5) is 10.1 Å². The molecule has 2 N–H and O–H groups in total. The molecule has 1 amide bonds. The van der Waals surface area contributed by atoms with Crippen molar-refractivity contribution in [1.82, 2.24) is 14.7 Å². The molecule has 0 bridgehead atoms. The third kappa shape index (κ3) is 4.93. The Morgan fingerprint density at radius 1 is 1.16 bits per heavy atom. The molecule has 3 aromatic carbocycles. The van der Waals surface area contributed by atoms with E-state index in [1.165, 1.54) is 18.2 Å². The van der Waals surface area contributed by atoms with Crippen molar-refractivity contribution in [3.05, 3.63) is 87.7 Å². The van der Waals surface area contributed by atoms with Crippen molar-refractivity contribution in [2.24, 2.45) is 5.92 Å². The number of aromatic carboxylic acids is 1. The Hall–Kier alpha value is -3.66. The predicted octanol–water partition coefficient (Wildman–Crippen LogP) is 7.03. The van der Waals surface area contributed by atoms with Crippen LogP contribution in [-0.2, 0) is 4.79 Å². The molecule has 0 saturated carbocycles. The van der Waals surface area contributed by atoms with Gasteiger partial charge < -0.3 is 15.2 Å². The normalized spacial score (nSPS) is 23.2. The number of benzene rings is 3. The van der Waals surface area contributed by atoms with E-state index in [0.717, 1.165) is 6.42 Å². The summed E-state index contributed by atoms with van der Waals surface area (Å²) in [6.07, 6.45) is 0.782. The molecule has 4 aromatic rings. The molecule has 1 fully saturated rings. The molecule has 2 aliphatic heterocycles. The van der Waals surface area contributed by atoms with E-state index in [-0.39, 0.29) is 34.7 Å². The van der Waals surface area contributed by atoms with Crippen LogP contribution in [0.3, 0.4) is 0 Å². The number of carboxylic acids is 1. The van der Waals surface area contributed by atoms with E-state index in [1.54, 1.807) is 47.1 Å². The number of aromatic nitrogens is 2. The van der Waals surface area contributed by atoms with Crippen LogP contribution in [0.5, 0.6) is 5.88 Å². The Morgan fingerprint density at radius 3 is 2.65 bits per heavy atom. The summed E-state index contributed by atoms with van der Waals surface area (Å²) in [5.41, 5.74) is 0.0507. The van der Waals surface area contributed by atoms with Gasteiger partial charge in [-0.25, -0.2) is 13.9 Å². The lowest BCUT2D eigenvalue weighted by Crippen LogP contribution is -2.57. The Bertz CT molecular complexity index is 1740. The van der Waals surface area contributed by atoms with Crippen molar-refractivity contribution >= 4 is 51.7 Å². The maximum Gasteiger partial charge on any atom is 0.335 e. The zero-order chi connectivity index (χ0) is 30.6. The van der Waals surface area contributed by atoms with Gasteiger partial charge in [0, 0.05) is 16.6 Å². The van der Waals surface area contributed by atoms with Crippen LogP contribution in [0.2, 0.25) is 10.0 Å². The fraction of sp³-hybridized carbons (Fsp3) is 0.344. The SMILES string of the molecule is CC(C)CCN1[C@H]2COc3c4ccc(C(=O)O)cc4nn3[C@H]2[C@H](c2cccc(Cl)c2F)[C@]1(C)C(=O)Nc1cccc(Cl)c1. The quantitative estimate of drug-likeness (QED) is 0.229. The molecule has 1 saturated heterocycles. The summed E-state index contributed by atoms with van der Waals surface area (Å²) in [6, 6.07) is 15.5. The van der Waals surface area contributed by atoms with Crippen molar-refractivity contribution in [3.63, 3.8) is 0 Å². The average molecular weight is 626 g/mol. The summed E-state index contributed by atoms with van der Waals surface area (Å²) >= 11 is 12.6. The molecule has 0 aliphatic carbocycles. The van der Waals surface area contributed by atoms with Gasteiger partial charge in [0.1, 0.15) is 18.0 Å². The molecule has 0 spiro atoms. The van der Waals surface area contributed by atoms with Crippen molar-refractivity contribution in [2.45, 2.75) is 50.7 Å². The maximum absolute atomic E-state index is 16.0. The molecule has 3 heterocycles. The van der Waals surface area contributed by atoms with E-state index in [9.17, 15) is 14.7 Å². The Labute approximate surface area is 258 Å². The third-order valence-electron chi connectivity index (χ3n) is 8.72. The lowest BCUT2D eigenvalue weighted by atomic mass is 9.77. The molecule has 8 nitrogen and oxygen atoms in total. The Kier molecular flexibility index (Phi) is 7.61. The van der Waals surface area contributed by atoms with Crippen molar-refractivity contribution in [2.75, 3.05) is 18.5 Å². The third-order valence-corrected chi connectivity index (χ3v) is 9.24. The van der Waals surface area contributed by atoms with E-state index in [4.69, 9.17) is 33.0 Å². The zero-order valence-corrected chi connectivity index (χ0v) is 25.4. The molecular weight excluding hydrogens is 594 g/mol. The summed E-state index contributed by atoms with van der Waals surface area (Å²) in [5.74, 6) is -1.97. The van der Waals surface area contributed by atoms with E-state index >= 15 is 4.39 Å². The Balaban J connectivity index is 1.57. The standard InChI is InChI=1S/C32H31Cl2FN4O4/c1-17(2)12-13-38-25-16-43-29-21-11-10-18(30(40)41)14-24(21)37-39(29)28(25)26(22-8-5-9-23(34)27(22)35)32(38,3)31(42)36-20-7-4-6-19(33)15-20/h4-11,14-15,17,25-26,28H,12-13,16H2,1-3H3,(H,36,42)(H,40,41)/t25-,26-,28+,32+/m0/s1. The van der Waals surface area contributed by atoms with Crippen LogP contribution in [0.25, 0.3) is 10.9 Å². The first-order chi connectivity index (χ1) is 20.5. The van der Waals surface area contributed by atoms with Gasteiger partial charge in [-0.1, -0.05) is 55.2 Å². The van der Waals surface area contributed by atoms with Crippen LogP contribution < -0.4 is 10.1 Å². The van der Waals surface area contributed by atoms with Crippen molar-refractivity contribution < 1.29 is 23.8 Å². The fourth-order valence-corrected chi connectivity index (χ4v) is 6.99. The first kappa shape index (κ1) is 29.4. The number of amides is 1. The molecule has 4 atom stereocenters. The summed E-state index contributed by atoms with van der Waals surface area (Å²) < 4.78 is 24.1. The number of likely N-dealkylation sites (tertiary alicyclic amines) is 1. The number of rotatable bonds is 7. The second kappa shape index (κ2) is 11.1. The minimum absolute atomic E-state index is 0.0451. The van der Waals surface area contributed by atoms with Crippen LogP contribution >= 0.6 is 23.2 Å². The number of carbonyl (C=O) groups is 2. The second-order valence-electron chi connectivity index (χ2n) is 11.8. The fourth-order valence-electron chi connectivity index (χ4n) is 6.62. The number of fused-ring (bicyclic) bond motifs is 5. The second-order valence-corrected chi connectivity index (χ2v) is 12.6. The number of ether oxygens (including phenoxy) is 1. The van der Waals surface area contributed by atoms with E-state index in [0.29, 0.717) is 40.0 Å². The average Bonchev–Trinajstić information content (AvgIpc) is 3.46. The molecule has 11 heteroatoms. The molecular formula is C32H31Cl2FN4O4. The topological polar surface area (TPSA) is 96.7 Å². The molecule has 1 aromatic heterocycles. The molecule has 0 radical (unpaired) electrons. The maximum atomic E-state index is 16.0. The minimum atomic E-state index is -1.28. The summed E-state index contributed by atoms with van der Waals surface area (Å²) in [7, 11) is 0. The molecule has 224 valence electrons. The van der Waals surface area contributed by atoms with Gasteiger partial charge in [-0.15, -0.1) is 0 Å². The van der Waals surface area contributed by atoms with Crippen molar-refractivity contribution in [3.8, 4) is 5.88 Å².